The quantitative estimate of drug-likeness (QED) is 0.0889. The van der Waals surface area contributed by atoms with E-state index in [0.717, 1.165) is 50.2 Å². The summed E-state index contributed by atoms with van der Waals surface area (Å²) in [6.45, 7) is 18.1. The largest absolute Gasteiger partial charge is 0.310 e. The van der Waals surface area contributed by atoms with Gasteiger partial charge in [0.2, 0.25) is 0 Å². The second kappa shape index (κ2) is 24.6. The summed E-state index contributed by atoms with van der Waals surface area (Å²) in [6, 6.07) is 110. The number of para-hydroxylation sites is 4. The van der Waals surface area contributed by atoms with Crippen LogP contribution in [-0.2, 0) is 10.8 Å². The van der Waals surface area contributed by atoms with E-state index in [-0.39, 0.29) is 22.9 Å². The van der Waals surface area contributed by atoms with Gasteiger partial charge in [0.1, 0.15) is 0 Å². The van der Waals surface area contributed by atoms with Crippen molar-refractivity contribution in [3.8, 4) is 22.3 Å². The maximum Gasteiger partial charge on any atom is 0.0629 e. The smallest absolute Gasteiger partial charge is 0.0629 e. The number of aryl methyl sites for hydroxylation is 4. The average molecular weight is 1290 g/mol. The van der Waals surface area contributed by atoms with E-state index in [9.17, 15) is 0 Å². The molecular weight excluding hydrogens is 1210 g/mol. The van der Waals surface area contributed by atoms with Crippen molar-refractivity contribution in [2.24, 2.45) is 0 Å². The standard InChI is InChI=1S/2C49H39N/c2*1-32-10-5-7-14-45(32)50(46-15-8-6-11-33(46)2)42-27-26-38-28-35(20-23-39(38)30-42)17-16-34-18-21-36(22-19-34)41-29-40-25-24-37-12-9-13-43-47(37)48(40)44(31-41)49(43,3)4/h2*5-31H,1-4H3/b2*17-16+/i16D,17D;. The van der Waals surface area contributed by atoms with Crippen LogP contribution in [-0.4, -0.2) is 0 Å². The third-order valence-corrected chi connectivity index (χ3v) is 21.5. The molecule has 100 heavy (non-hydrogen) atoms. The summed E-state index contributed by atoms with van der Waals surface area (Å²) in [5, 5.41) is 15.4. The molecule has 0 amide bonds. The fraction of sp³-hybridized carbons (Fsp3) is 0.102. The summed E-state index contributed by atoms with van der Waals surface area (Å²) in [7, 11) is 0. The number of hydrogen-bond acceptors (Lipinski definition) is 2. The Labute approximate surface area is 590 Å². The zero-order valence-electron chi connectivity index (χ0n) is 59.9. The molecule has 0 heterocycles. The zero-order valence-corrected chi connectivity index (χ0v) is 57.9. The summed E-state index contributed by atoms with van der Waals surface area (Å²) < 4.78 is 18.1. The molecule has 2 heteroatoms. The van der Waals surface area contributed by atoms with Crippen LogP contribution >= 0.6 is 0 Å². The first-order chi connectivity index (χ1) is 49.5. The molecule has 0 fully saturated rings. The van der Waals surface area contributed by atoms with Crippen LogP contribution in [0.1, 0.15) is 97.2 Å². The molecule has 480 valence electrons. The maximum absolute atomic E-state index is 9.06. The minimum absolute atomic E-state index is 0.0111. The van der Waals surface area contributed by atoms with Gasteiger partial charge >= 0.3 is 0 Å². The molecule has 16 aromatic carbocycles. The van der Waals surface area contributed by atoms with Crippen molar-refractivity contribution in [1.29, 1.82) is 0 Å². The molecule has 0 aliphatic heterocycles. The first-order valence-electron chi connectivity index (χ1n) is 36.0. The molecule has 0 N–H and O–H groups in total. The summed E-state index contributed by atoms with van der Waals surface area (Å²) in [5.74, 6) is 0. The van der Waals surface area contributed by atoms with E-state index in [1.54, 1.807) is 0 Å². The Morgan fingerprint density at radius 1 is 0.250 bits per heavy atom. The zero-order chi connectivity index (χ0) is 69.7. The normalized spacial score (nSPS) is 13.8. The van der Waals surface area contributed by atoms with Crippen LogP contribution in [0.15, 0.2) is 303 Å². The van der Waals surface area contributed by atoms with Crippen molar-refractivity contribution in [3.05, 3.63) is 370 Å². The lowest BCUT2D eigenvalue weighted by Crippen LogP contribution is -2.15. The molecule has 2 nitrogen and oxygen atoms in total. The van der Waals surface area contributed by atoms with Crippen molar-refractivity contribution in [1.82, 2.24) is 0 Å². The molecule has 0 saturated carbocycles. The van der Waals surface area contributed by atoms with Crippen molar-refractivity contribution in [3.63, 3.8) is 0 Å². The Kier molecular flexibility index (Phi) is 14.6. The predicted octanol–water partition coefficient (Wildman–Crippen LogP) is 27.4. The van der Waals surface area contributed by atoms with Gasteiger partial charge in [-0.25, -0.2) is 0 Å². The minimum Gasteiger partial charge on any atom is -0.310 e. The van der Waals surface area contributed by atoms with Crippen LogP contribution in [0.25, 0.3) is 111 Å². The molecule has 16 aromatic rings. The van der Waals surface area contributed by atoms with Crippen LogP contribution < -0.4 is 9.80 Å². The summed E-state index contributed by atoms with van der Waals surface area (Å²) in [4.78, 5) is 4.71. The fourth-order valence-corrected chi connectivity index (χ4v) is 16.0. The molecule has 0 spiro atoms. The molecule has 0 bridgehead atoms. The molecule has 2 aliphatic carbocycles. The Balaban J connectivity index is 0.000000152. The van der Waals surface area contributed by atoms with Crippen LogP contribution in [0.5, 0.6) is 0 Å². The Morgan fingerprint density at radius 3 is 1.02 bits per heavy atom. The van der Waals surface area contributed by atoms with Gasteiger partial charge in [-0.2, -0.15) is 0 Å². The van der Waals surface area contributed by atoms with Gasteiger partial charge in [-0.15, -0.1) is 0 Å². The average Bonchev–Trinajstić information content (AvgIpc) is 1.56. The van der Waals surface area contributed by atoms with E-state index in [1.807, 2.05) is 24.3 Å². The minimum atomic E-state index is -0.0721. The Bertz CT molecular complexity index is 6060. The first kappa shape index (κ1) is 59.4. The lowest BCUT2D eigenvalue weighted by molar-refractivity contribution is 0.663. The van der Waals surface area contributed by atoms with Crippen LogP contribution in [0.3, 0.4) is 0 Å². The van der Waals surface area contributed by atoms with Gasteiger partial charge in [0.05, 0.1) is 2.74 Å². The highest BCUT2D eigenvalue weighted by Crippen LogP contribution is 2.52. The lowest BCUT2D eigenvalue weighted by atomic mass is 9.81. The van der Waals surface area contributed by atoms with Crippen LogP contribution in [0.4, 0.5) is 34.1 Å². The highest BCUT2D eigenvalue weighted by atomic mass is 15.2. The maximum atomic E-state index is 9.06. The van der Waals surface area contributed by atoms with Crippen LogP contribution in [0, 0.1) is 27.7 Å². The summed E-state index contributed by atoms with van der Waals surface area (Å²) in [5.41, 5.74) is 26.0. The van der Waals surface area contributed by atoms with Crippen molar-refractivity contribution < 1.29 is 2.74 Å². The number of nitrogens with zero attached hydrogens (tertiary/aromatic N) is 2. The van der Waals surface area contributed by atoms with E-state index in [1.165, 1.54) is 138 Å². The molecule has 0 unspecified atom stereocenters. The second-order valence-corrected chi connectivity index (χ2v) is 28.6. The number of benzene rings is 16. The molecule has 0 aromatic heterocycles. The molecule has 0 atom stereocenters. The summed E-state index contributed by atoms with van der Waals surface area (Å²) >= 11 is 0. The van der Waals surface area contributed by atoms with Crippen molar-refractivity contribution in [2.45, 2.75) is 66.2 Å². The third-order valence-electron chi connectivity index (χ3n) is 21.5. The third kappa shape index (κ3) is 10.8. The van der Waals surface area contributed by atoms with Gasteiger partial charge in [-0.3, -0.25) is 0 Å². The number of rotatable bonds is 12. The number of anilines is 6. The van der Waals surface area contributed by atoms with Gasteiger partial charge in [-0.05, 0) is 266 Å². The SMILES string of the molecule is Cc1ccccc1N(c1ccc2cc(/C=C/c3ccc(-c4cc5c6c(ccc7cccc(c76)C5(C)C)c4)cc3)ccc2c1)c1ccccc1C.[2H]/C(=C(/[2H])c1ccc2cc(N(c3ccccc3C)c3ccccc3C)ccc2c1)c1ccc(-c2cc3c4c(ccc5cccc(c54)C3(C)C)c2)cc1. The molecule has 2 aliphatic rings. The lowest BCUT2D eigenvalue weighted by Gasteiger charge is -2.28. The second-order valence-electron chi connectivity index (χ2n) is 28.6. The topological polar surface area (TPSA) is 6.48 Å². The predicted molar refractivity (Wildman–Crippen MR) is 432 cm³/mol. The monoisotopic (exact) mass is 1280 g/mol. The van der Waals surface area contributed by atoms with E-state index in [0.29, 0.717) is 0 Å². The van der Waals surface area contributed by atoms with Crippen molar-refractivity contribution >= 4 is 123 Å². The number of hydrogen-bond donors (Lipinski definition) is 0. The molecule has 0 saturated heterocycles. The molecular formula is C98H78N2. The summed E-state index contributed by atoms with van der Waals surface area (Å²) in [6.07, 6.45) is 4.44. The van der Waals surface area contributed by atoms with Gasteiger partial charge in [0, 0.05) is 45.0 Å². The number of fused-ring (bicyclic) bond motifs is 2. The van der Waals surface area contributed by atoms with Crippen LogP contribution in [0.2, 0.25) is 0 Å². The fourth-order valence-electron chi connectivity index (χ4n) is 16.0. The van der Waals surface area contributed by atoms with Gasteiger partial charge in [0.25, 0.3) is 0 Å². The molecule has 18 rings (SSSR count). The van der Waals surface area contributed by atoms with E-state index in [2.05, 4.69) is 356 Å². The highest BCUT2D eigenvalue weighted by molar-refractivity contribution is 6.17. The Morgan fingerprint density at radius 2 is 0.580 bits per heavy atom. The highest BCUT2D eigenvalue weighted by Gasteiger charge is 2.36. The van der Waals surface area contributed by atoms with Gasteiger partial charge in [-0.1, -0.05) is 270 Å². The van der Waals surface area contributed by atoms with Gasteiger partial charge in [0.15, 0.2) is 0 Å². The first-order valence-corrected chi connectivity index (χ1v) is 35.0. The van der Waals surface area contributed by atoms with Crippen molar-refractivity contribution in [2.75, 3.05) is 9.80 Å². The Hall–Kier alpha value is -11.8. The van der Waals surface area contributed by atoms with E-state index >= 15 is 0 Å². The van der Waals surface area contributed by atoms with E-state index < -0.39 is 0 Å². The van der Waals surface area contributed by atoms with E-state index in [4.69, 9.17) is 2.74 Å². The molecule has 0 radical (unpaired) electrons. The van der Waals surface area contributed by atoms with Gasteiger partial charge < -0.3 is 9.80 Å².